The SMILES string of the molecule is CCC1(CC)NC(CC)(CC)C(C)CC1C. The van der Waals surface area contributed by atoms with Gasteiger partial charge < -0.3 is 5.32 Å². The maximum Gasteiger partial charge on any atom is 0.0207 e. The predicted octanol–water partition coefficient (Wildman–Crippen LogP) is 4.37. The molecule has 0 amide bonds. The van der Waals surface area contributed by atoms with Gasteiger partial charge in [-0.05, 0) is 43.9 Å². The van der Waals surface area contributed by atoms with Gasteiger partial charge in [0.2, 0.25) is 0 Å². The molecule has 1 N–H and O–H groups in total. The highest BCUT2D eigenvalue weighted by molar-refractivity contribution is 5.06. The van der Waals surface area contributed by atoms with Crippen LogP contribution in [0.15, 0.2) is 0 Å². The monoisotopic (exact) mass is 225 g/mol. The first-order valence-electron chi connectivity index (χ1n) is 7.29. The van der Waals surface area contributed by atoms with Crippen molar-refractivity contribution in [2.45, 2.75) is 84.7 Å². The number of piperidine rings is 1. The van der Waals surface area contributed by atoms with Crippen LogP contribution < -0.4 is 5.32 Å². The average Bonchev–Trinajstić information content (AvgIpc) is 2.31. The molecule has 1 rings (SSSR count). The first kappa shape index (κ1) is 14.0. The number of hydrogen-bond acceptors (Lipinski definition) is 1. The van der Waals surface area contributed by atoms with Crippen LogP contribution in [-0.2, 0) is 0 Å². The van der Waals surface area contributed by atoms with E-state index in [1.807, 2.05) is 0 Å². The summed E-state index contributed by atoms with van der Waals surface area (Å²) in [6.45, 7) is 14.3. The molecule has 0 aromatic carbocycles. The fourth-order valence-electron chi connectivity index (χ4n) is 3.97. The smallest absolute Gasteiger partial charge is 0.0207 e. The quantitative estimate of drug-likeness (QED) is 0.749. The molecule has 0 aromatic heterocycles. The van der Waals surface area contributed by atoms with Gasteiger partial charge in [0.1, 0.15) is 0 Å². The zero-order valence-electron chi connectivity index (χ0n) is 12.2. The fraction of sp³-hybridized carbons (Fsp3) is 1.00. The molecular weight excluding hydrogens is 194 g/mol. The third kappa shape index (κ3) is 2.03. The van der Waals surface area contributed by atoms with Crippen LogP contribution in [0.5, 0.6) is 0 Å². The highest BCUT2D eigenvalue weighted by Crippen LogP contribution is 2.43. The van der Waals surface area contributed by atoms with E-state index in [-0.39, 0.29) is 0 Å². The highest BCUT2D eigenvalue weighted by atomic mass is 15.1. The molecule has 1 fully saturated rings. The van der Waals surface area contributed by atoms with Crippen LogP contribution in [0.2, 0.25) is 0 Å². The Morgan fingerprint density at radius 3 is 1.38 bits per heavy atom. The lowest BCUT2D eigenvalue weighted by atomic mass is 9.64. The van der Waals surface area contributed by atoms with Crippen molar-refractivity contribution in [3.63, 3.8) is 0 Å². The summed E-state index contributed by atoms with van der Waals surface area (Å²) in [4.78, 5) is 0. The maximum absolute atomic E-state index is 4.08. The molecule has 0 radical (unpaired) electrons. The zero-order valence-corrected chi connectivity index (χ0v) is 12.2. The van der Waals surface area contributed by atoms with Crippen LogP contribution in [0, 0.1) is 11.8 Å². The zero-order chi connectivity index (χ0) is 12.4. The standard InChI is InChI=1S/C15H31N/c1-7-14(8-2)12(5)11-13(6)15(9-3,10-4)16-14/h12-13,16H,7-11H2,1-6H3. The van der Waals surface area contributed by atoms with Crippen molar-refractivity contribution in [1.82, 2.24) is 5.32 Å². The van der Waals surface area contributed by atoms with Crippen LogP contribution in [0.3, 0.4) is 0 Å². The van der Waals surface area contributed by atoms with Crippen molar-refractivity contribution >= 4 is 0 Å². The lowest BCUT2D eigenvalue weighted by Crippen LogP contribution is -2.67. The van der Waals surface area contributed by atoms with Gasteiger partial charge in [0.25, 0.3) is 0 Å². The van der Waals surface area contributed by atoms with E-state index in [2.05, 4.69) is 46.9 Å². The van der Waals surface area contributed by atoms with Gasteiger partial charge in [-0.3, -0.25) is 0 Å². The van der Waals surface area contributed by atoms with Crippen molar-refractivity contribution in [3.05, 3.63) is 0 Å². The molecule has 1 aliphatic heterocycles. The first-order chi connectivity index (χ1) is 7.50. The lowest BCUT2D eigenvalue weighted by molar-refractivity contribution is 0.0184. The van der Waals surface area contributed by atoms with Gasteiger partial charge in [0, 0.05) is 11.1 Å². The number of nitrogens with one attached hydrogen (secondary N) is 1. The molecule has 0 spiro atoms. The molecule has 2 atom stereocenters. The molecule has 1 heteroatoms. The third-order valence-electron chi connectivity index (χ3n) is 5.62. The van der Waals surface area contributed by atoms with Crippen molar-refractivity contribution in [2.24, 2.45) is 11.8 Å². The molecule has 1 nitrogen and oxygen atoms in total. The summed E-state index contributed by atoms with van der Waals surface area (Å²) in [6.07, 6.45) is 6.44. The second-order valence-electron chi connectivity index (χ2n) is 5.89. The van der Waals surface area contributed by atoms with E-state index in [1.54, 1.807) is 0 Å². The Kier molecular flexibility index (Phi) is 4.45. The average molecular weight is 225 g/mol. The third-order valence-corrected chi connectivity index (χ3v) is 5.62. The molecule has 16 heavy (non-hydrogen) atoms. The van der Waals surface area contributed by atoms with E-state index in [0.29, 0.717) is 11.1 Å². The Bertz CT molecular complexity index is 191. The maximum atomic E-state index is 4.08. The molecule has 1 saturated heterocycles. The van der Waals surface area contributed by atoms with E-state index in [0.717, 1.165) is 11.8 Å². The van der Waals surface area contributed by atoms with E-state index < -0.39 is 0 Å². The van der Waals surface area contributed by atoms with Crippen molar-refractivity contribution in [2.75, 3.05) is 0 Å². The van der Waals surface area contributed by atoms with Gasteiger partial charge in [-0.2, -0.15) is 0 Å². The molecule has 1 aliphatic rings. The molecule has 2 unspecified atom stereocenters. The van der Waals surface area contributed by atoms with Crippen LogP contribution >= 0.6 is 0 Å². The van der Waals surface area contributed by atoms with Gasteiger partial charge in [0.15, 0.2) is 0 Å². The predicted molar refractivity (Wildman–Crippen MR) is 72.7 cm³/mol. The summed E-state index contributed by atoms with van der Waals surface area (Å²) in [6, 6.07) is 0. The van der Waals surface area contributed by atoms with Gasteiger partial charge in [-0.15, -0.1) is 0 Å². The first-order valence-corrected chi connectivity index (χ1v) is 7.29. The second-order valence-corrected chi connectivity index (χ2v) is 5.89. The summed E-state index contributed by atoms with van der Waals surface area (Å²) >= 11 is 0. The minimum atomic E-state index is 0.387. The van der Waals surface area contributed by atoms with E-state index in [1.165, 1.54) is 32.1 Å². The van der Waals surface area contributed by atoms with Gasteiger partial charge >= 0.3 is 0 Å². The summed E-state index contributed by atoms with van der Waals surface area (Å²) in [7, 11) is 0. The summed E-state index contributed by atoms with van der Waals surface area (Å²) in [5.41, 5.74) is 0.775. The Balaban J connectivity index is 2.99. The van der Waals surface area contributed by atoms with Crippen LogP contribution in [0.25, 0.3) is 0 Å². The molecule has 0 saturated carbocycles. The van der Waals surface area contributed by atoms with Crippen LogP contribution in [0.4, 0.5) is 0 Å². The molecule has 96 valence electrons. The van der Waals surface area contributed by atoms with Gasteiger partial charge in [-0.1, -0.05) is 41.5 Å². The van der Waals surface area contributed by atoms with Crippen LogP contribution in [-0.4, -0.2) is 11.1 Å². The summed E-state index contributed by atoms with van der Waals surface area (Å²) < 4.78 is 0. The van der Waals surface area contributed by atoms with E-state index in [9.17, 15) is 0 Å². The highest BCUT2D eigenvalue weighted by Gasteiger charge is 2.47. The molecule has 0 aromatic rings. The Labute approximate surface area is 102 Å². The summed E-state index contributed by atoms with van der Waals surface area (Å²) in [5, 5.41) is 4.08. The number of rotatable bonds is 4. The molecule has 1 heterocycles. The minimum Gasteiger partial charge on any atom is -0.305 e. The number of hydrogen-bond donors (Lipinski definition) is 1. The second kappa shape index (κ2) is 5.08. The largest absolute Gasteiger partial charge is 0.305 e. The van der Waals surface area contributed by atoms with Gasteiger partial charge in [0.05, 0.1) is 0 Å². The minimum absolute atomic E-state index is 0.387. The van der Waals surface area contributed by atoms with E-state index in [4.69, 9.17) is 0 Å². The molecule has 0 aliphatic carbocycles. The Morgan fingerprint density at radius 2 is 1.12 bits per heavy atom. The van der Waals surface area contributed by atoms with Crippen LogP contribution in [0.1, 0.15) is 73.6 Å². The lowest BCUT2D eigenvalue weighted by Gasteiger charge is -2.56. The van der Waals surface area contributed by atoms with Crippen molar-refractivity contribution in [1.29, 1.82) is 0 Å². The molecule has 0 bridgehead atoms. The molecular formula is C15H31N. The van der Waals surface area contributed by atoms with Crippen molar-refractivity contribution < 1.29 is 0 Å². The van der Waals surface area contributed by atoms with Crippen molar-refractivity contribution in [3.8, 4) is 0 Å². The summed E-state index contributed by atoms with van der Waals surface area (Å²) in [5.74, 6) is 1.62. The Morgan fingerprint density at radius 1 is 0.812 bits per heavy atom. The van der Waals surface area contributed by atoms with Gasteiger partial charge in [-0.25, -0.2) is 0 Å². The Hall–Kier alpha value is -0.0400. The fourth-order valence-corrected chi connectivity index (χ4v) is 3.97. The topological polar surface area (TPSA) is 12.0 Å². The van der Waals surface area contributed by atoms with E-state index >= 15 is 0 Å². The normalized spacial score (nSPS) is 32.6.